The minimum atomic E-state index is -0.988. The van der Waals surface area contributed by atoms with E-state index < -0.39 is 34.6 Å². The second-order valence-electron chi connectivity index (χ2n) is 8.02. The van der Waals surface area contributed by atoms with E-state index in [1.165, 1.54) is 49.6 Å². The van der Waals surface area contributed by atoms with E-state index in [4.69, 9.17) is 9.47 Å². The molecule has 11 heteroatoms. The van der Waals surface area contributed by atoms with Crippen LogP contribution < -0.4 is 5.32 Å². The molecule has 0 saturated heterocycles. The summed E-state index contributed by atoms with van der Waals surface area (Å²) in [6, 6.07) is 11.3. The molecule has 0 saturated carbocycles. The van der Waals surface area contributed by atoms with Crippen molar-refractivity contribution >= 4 is 29.2 Å². The number of amides is 1. The monoisotopic (exact) mass is 495 g/mol. The number of carbonyl (C=O) groups excluding carboxylic acids is 3. The number of aliphatic imine (C=N–C) groups is 1. The average molecular weight is 495 g/mol. The summed E-state index contributed by atoms with van der Waals surface area (Å²) in [4.78, 5) is 53.1. The number of esters is 2. The molecule has 1 amide bonds. The summed E-state index contributed by atoms with van der Waals surface area (Å²) in [6.07, 6.45) is 0. The maximum Gasteiger partial charge on any atom is 0.336 e. The molecular weight excluding hydrogens is 470 g/mol. The Morgan fingerprint density at radius 2 is 1.83 bits per heavy atom. The number of nitrogens with one attached hydrogen (secondary N) is 1. The van der Waals surface area contributed by atoms with Gasteiger partial charge in [0.25, 0.3) is 11.6 Å². The molecule has 0 fully saturated rings. The number of benzene rings is 2. The molecule has 1 aliphatic rings. The van der Waals surface area contributed by atoms with Crippen molar-refractivity contribution in [2.45, 2.75) is 19.8 Å². The third-order valence-electron chi connectivity index (χ3n) is 5.69. The van der Waals surface area contributed by atoms with Crippen molar-refractivity contribution in [2.75, 3.05) is 20.3 Å². The number of phenolic OH excluding ortho intramolecular Hbond substituents is 1. The summed E-state index contributed by atoms with van der Waals surface area (Å²) < 4.78 is 10.3. The van der Waals surface area contributed by atoms with Gasteiger partial charge in [0.05, 0.1) is 24.2 Å². The van der Waals surface area contributed by atoms with Gasteiger partial charge in [-0.1, -0.05) is 12.1 Å². The van der Waals surface area contributed by atoms with Gasteiger partial charge in [-0.3, -0.25) is 24.7 Å². The second-order valence-corrected chi connectivity index (χ2v) is 8.02. The Bertz CT molecular complexity index is 1250. The quantitative estimate of drug-likeness (QED) is 0.245. The lowest BCUT2D eigenvalue weighted by molar-refractivity contribution is -0.384. The Morgan fingerprint density at radius 3 is 2.47 bits per heavy atom. The third kappa shape index (κ3) is 5.74. The third-order valence-corrected chi connectivity index (χ3v) is 5.69. The summed E-state index contributed by atoms with van der Waals surface area (Å²) in [7, 11) is 1.21. The fraction of sp³-hybridized carbons (Fsp3) is 0.280. The van der Waals surface area contributed by atoms with Gasteiger partial charge in [-0.2, -0.15) is 0 Å². The molecule has 0 aromatic heterocycles. The van der Waals surface area contributed by atoms with Crippen molar-refractivity contribution in [3.05, 3.63) is 81.0 Å². The average Bonchev–Trinajstić information content (AvgIpc) is 2.85. The molecular formula is C25H25N3O8. The van der Waals surface area contributed by atoms with Gasteiger partial charge in [-0.25, -0.2) is 4.79 Å². The van der Waals surface area contributed by atoms with Crippen LogP contribution in [0.3, 0.4) is 0 Å². The van der Waals surface area contributed by atoms with Gasteiger partial charge in [-0.05, 0) is 43.7 Å². The largest absolute Gasteiger partial charge is 0.508 e. The fourth-order valence-electron chi connectivity index (χ4n) is 4.03. The van der Waals surface area contributed by atoms with E-state index in [2.05, 4.69) is 10.3 Å². The van der Waals surface area contributed by atoms with Gasteiger partial charge in [0.15, 0.2) is 0 Å². The molecule has 0 spiro atoms. The zero-order valence-corrected chi connectivity index (χ0v) is 19.9. The maximum absolute atomic E-state index is 13.2. The van der Waals surface area contributed by atoms with Crippen LogP contribution in [0.2, 0.25) is 0 Å². The lowest BCUT2D eigenvalue weighted by Crippen LogP contribution is -2.36. The predicted molar refractivity (Wildman–Crippen MR) is 129 cm³/mol. The zero-order chi connectivity index (χ0) is 26.4. The number of rotatable bonds is 8. The molecule has 36 heavy (non-hydrogen) atoms. The number of aromatic hydroxyl groups is 1. The molecule has 2 atom stereocenters. The molecule has 2 aromatic carbocycles. The van der Waals surface area contributed by atoms with Gasteiger partial charge in [0.1, 0.15) is 18.3 Å². The van der Waals surface area contributed by atoms with E-state index in [0.717, 1.165) is 0 Å². The second kappa shape index (κ2) is 11.3. The number of nitro groups is 1. The minimum absolute atomic E-state index is 0.00196. The molecule has 11 nitrogen and oxygen atoms in total. The maximum atomic E-state index is 13.2. The molecule has 2 aromatic rings. The van der Waals surface area contributed by atoms with E-state index in [1.807, 2.05) is 0 Å². The number of non-ortho nitro benzene ring substituents is 1. The van der Waals surface area contributed by atoms with Crippen LogP contribution in [-0.4, -0.2) is 53.8 Å². The van der Waals surface area contributed by atoms with Crippen LogP contribution in [0.4, 0.5) is 5.69 Å². The van der Waals surface area contributed by atoms with Crippen molar-refractivity contribution < 1.29 is 33.9 Å². The van der Waals surface area contributed by atoms with Crippen LogP contribution in [-0.2, 0) is 19.1 Å². The van der Waals surface area contributed by atoms with Crippen LogP contribution in [0.25, 0.3) is 0 Å². The summed E-state index contributed by atoms with van der Waals surface area (Å²) >= 11 is 0. The normalized spacial score (nSPS) is 17.1. The first-order valence-corrected chi connectivity index (χ1v) is 11.0. The first-order valence-electron chi connectivity index (χ1n) is 11.0. The Hall–Kier alpha value is -4.54. The first kappa shape index (κ1) is 26.1. The van der Waals surface area contributed by atoms with E-state index >= 15 is 0 Å². The molecule has 188 valence electrons. The number of nitrogens with zero attached hydrogens (tertiary/aromatic N) is 2. The Balaban J connectivity index is 1.81. The van der Waals surface area contributed by atoms with Crippen molar-refractivity contribution in [1.29, 1.82) is 0 Å². The highest BCUT2D eigenvalue weighted by atomic mass is 16.6. The standard InChI is InChI=1S/C25H25N3O8/c1-14-20(24(31)35-3)22(17-5-4-6-18(13-17)28(33)34)21(15(2)27-14)25(32)36-12-11-26-23(30)16-7-9-19(29)10-8-16/h4-10,13,20,22,29H,11-12H2,1-3H3,(H,26,30)/t20?,22-/m1/s1. The highest BCUT2D eigenvalue weighted by molar-refractivity contribution is 6.07. The Kier molecular flexibility index (Phi) is 8.15. The van der Waals surface area contributed by atoms with Crippen LogP contribution >= 0.6 is 0 Å². The number of hydrogen-bond donors (Lipinski definition) is 2. The number of ether oxygens (including phenoxy) is 2. The van der Waals surface area contributed by atoms with Gasteiger partial charge < -0.3 is 19.9 Å². The van der Waals surface area contributed by atoms with Gasteiger partial charge in [-0.15, -0.1) is 0 Å². The number of carbonyl (C=O) groups is 3. The molecule has 1 aliphatic heterocycles. The highest BCUT2D eigenvalue weighted by Crippen LogP contribution is 2.40. The van der Waals surface area contributed by atoms with Crippen LogP contribution in [0.15, 0.2) is 64.8 Å². The van der Waals surface area contributed by atoms with Crippen LogP contribution in [0.1, 0.15) is 35.7 Å². The summed E-state index contributed by atoms with van der Waals surface area (Å²) in [5.74, 6) is -3.72. The van der Waals surface area contributed by atoms with Gasteiger partial charge in [0.2, 0.25) is 0 Å². The number of phenols is 1. The number of hydrogen-bond acceptors (Lipinski definition) is 9. The first-order chi connectivity index (χ1) is 17.1. The van der Waals surface area contributed by atoms with Crippen LogP contribution in [0.5, 0.6) is 5.75 Å². The predicted octanol–water partition coefficient (Wildman–Crippen LogP) is 2.89. The molecule has 3 rings (SSSR count). The summed E-state index contributed by atoms with van der Waals surface area (Å²) in [5, 5.41) is 23.3. The van der Waals surface area contributed by atoms with Crippen LogP contribution in [0, 0.1) is 16.0 Å². The molecule has 2 N–H and O–H groups in total. The molecule has 0 aliphatic carbocycles. The number of nitro benzene ring substituents is 1. The molecule has 1 heterocycles. The van der Waals surface area contributed by atoms with E-state index in [0.29, 0.717) is 22.5 Å². The van der Waals surface area contributed by atoms with Crippen molar-refractivity contribution in [1.82, 2.24) is 5.32 Å². The lowest BCUT2D eigenvalue weighted by Gasteiger charge is -2.31. The van der Waals surface area contributed by atoms with E-state index in [9.17, 15) is 29.6 Å². The van der Waals surface area contributed by atoms with E-state index in [1.54, 1.807) is 19.9 Å². The minimum Gasteiger partial charge on any atom is -0.508 e. The van der Waals surface area contributed by atoms with Gasteiger partial charge in [0, 0.05) is 35.0 Å². The lowest BCUT2D eigenvalue weighted by atomic mass is 9.75. The van der Waals surface area contributed by atoms with Crippen molar-refractivity contribution in [3.63, 3.8) is 0 Å². The summed E-state index contributed by atoms with van der Waals surface area (Å²) in [5.41, 5.74) is 1.26. The highest BCUT2D eigenvalue weighted by Gasteiger charge is 2.42. The SMILES string of the molecule is COC(=O)C1C(C)=NC(C)=C(C(=O)OCCNC(=O)c2ccc(O)cc2)[C@@H]1c1cccc([N+](=O)[O-])c1. The summed E-state index contributed by atoms with van der Waals surface area (Å²) in [6.45, 7) is 3.04. The fourth-order valence-corrected chi connectivity index (χ4v) is 4.03. The Labute approximate surface area is 206 Å². The molecule has 1 unspecified atom stereocenters. The number of allylic oxidation sites excluding steroid dienone is 1. The number of methoxy groups -OCH3 is 1. The Morgan fingerprint density at radius 1 is 1.14 bits per heavy atom. The smallest absolute Gasteiger partial charge is 0.336 e. The topological polar surface area (TPSA) is 157 Å². The molecule has 0 bridgehead atoms. The van der Waals surface area contributed by atoms with Gasteiger partial charge >= 0.3 is 11.9 Å². The van der Waals surface area contributed by atoms with E-state index in [-0.39, 0.29) is 30.2 Å². The van der Waals surface area contributed by atoms with Crippen molar-refractivity contribution in [2.24, 2.45) is 10.9 Å². The zero-order valence-electron chi connectivity index (χ0n) is 19.9. The molecule has 0 radical (unpaired) electrons. The van der Waals surface area contributed by atoms with Crippen molar-refractivity contribution in [3.8, 4) is 5.75 Å².